The van der Waals surface area contributed by atoms with Crippen molar-refractivity contribution < 1.29 is 0 Å². The van der Waals surface area contributed by atoms with Crippen LogP contribution >= 0.6 is 23.2 Å². The van der Waals surface area contributed by atoms with Gasteiger partial charge in [0.15, 0.2) is 5.52 Å². The molecule has 0 saturated heterocycles. The van der Waals surface area contributed by atoms with Crippen LogP contribution in [0.2, 0.25) is 10.0 Å². The second-order valence-electron chi connectivity index (χ2n) is 8.54. The molecule has 0 bridgehead atoms. The first-order chi connectivity index (χ1) is 15.0. The summed E-state index contributed by atoms with van der Waals surface area (Å²) in [6, 6.07) is 5.68. The number of rotatable bonds is 7. The van der Waals surface area contributed by atoms with Crippen molar-refractivity contribution in [2.75, 3.05) is 11.4 Å². The molecule has 6 nitrogen and oxygen atoms in total. The van der Waals surface area contributed by atoms with Gasteiger partial charge in [-0.2, -0.15) is 5.10 Å². The van der Waals surface area contributed by atoms with Gasteiger partial charge in [0, 0.05) is 20.1 Å². The maximum atomic E-state index is 13.0. The van der Waals surface area contributed by atoms with Crippen molar-refractivity contribution in [3.63, 3.8) is 0 Å². The van der Waals surface area contributed by atoms with E-state index in [2.05, 4.69) is 21.9 Å². The van der Waals surface area contributed by atoms with Crippen LogP contribution in [-0.4, -0.2) is 26.3 Å². The molecule has 1 fully saturated rings. The number of hydrogen-bond donors (Lipinski definition) is 1. The molecule has 1 aliphatic rings. The number of aromatic nitrogens is 4. The molecule has 0 aliphatic heterocycles. The second kappa shape index (κ2) is 9.61. The lowest BCUT2D eigenvalue weighted by molar-refractivity contribution is 0.356. The zero-order chi connectivity index (χ0) is 22.0. The number of aromatic amines is 1. The minimum Gasteiger partial charge on any atom is -0.338 e. The summed E-state index contributed by atoms with van der Waals surface area (Å²) in [7, 11) is 1.80. The first kappa shape index (κ1) is 22.2. The first-order valence-corrected chi connectivity index (χ1v) is 11.9. The van der Waals surface area contributed by atoms with Crippen LogP contribution in [0.4, 0.5) is 5.95 Å². The summed E-state index contributed by atoms with van der Waals surface area (Å²) < 4.78 is 1.64. The van der Waals surface area contributed by atoms with Gasteiger partial charge < -0.3 is 4.90 Å². The van der Waals surface area contributed by atoms with E-state index in [0.717, 1.165) is 30.6 Å². The van der Waals surface area contributed by atoms with Crippen molar-refractivity contribution in [3.8, 4) is 0 Å². The molecule has 1 N–H and O–H groups in total. The summed E-state index contributed by atoms with van der Waals surface area (Å²) in [5, 5.41) is 5.62. The maximum Gasteiger partial charge on any atom is 0.278 e. The summed E-state index contributed by atoms with van der Waals surface area (Å²) in [6.07, 6.45) is 7.99. The molecule has 2 heterocycles. The Morgan fingerprint density at radius 3 is 2.68 bits per heavy atom. The molecular formula is C23H29Cl2N5O. The molecule has 0 radical (unpaired) electrons. The van der Waals surface area contributed by atoms with Gasteiger partial charge in [0.25, 0.3) is 5.56 Å². The highest BCUT2D eigenvalue weighted by atomic mass is 35.5. The van der Waals surface area contributed by atoms with Crippen LogP contribution in [0.3, 0.4) is 0 Å². The predicted molar refractivity (Wildman–Crippen MR) is 127 cm³/mol. The number of anilines is 1. The summed E-state index contributed by atoms with van der Waals surface area (Å²) in [5.74, 6) is 1.18. The Morgan fingerprint density at radius 1 is 1.19 bits per heavy atom. The third-order valence-electron chi connectivity index (χ3n) is 6.10. The van der Waals surface area contributed by atoms with Crippen molar-refractivity contribution in [1.29, 1.82) is 0 Å². The monoisotopic (exact) mass is 461 g/mol. The van der Waals surface area contributed by atoms with Crippen molar-refractivity contribution in [2.24, 2.45) is 13.0 Å². The molecule has 166 valence electrons. The van der Waals surface area contributed by atoms with Gasteiger partial charge >= 0.3 is 0 Å². The zero-order valence-electron chi connectivity index (χ0n) is 18.1. The van der Waals surface area contributed by atoms with Gasteiger partial charge in [-0.1, -0.05) is 61.9 Å². The molecule has 1 aliphatic carbocycles. The van der Waals surface area contributed by atoms with E-state index in [1.807, 2.05) is 18.2 Å². The van der Waals surface area contributed by atoms with Gasteiger partial charge in [-0.05, 0) is 42.9 Å². The summed E-state index contributed by atoms with van der Waals surface area (Å²) in [5.41, 5.74) is 2.98. The molecule has 0 spiro atoms. The summed E-state index contributed by atoms with van der Waals surface area (Å²) in [6.45, 7) is 3.55. The molecule has 0 atom stereocenters. The Balaban J connectivity index is 1.74. The van der Waals surface area contributed by atoms with Gasteiger partial charge in [-0.15, -0.1) is 0 Å². The number of nitrogens with zero attached hydrogens (tertiary/aromatic N) is 4. The van der Waals surface area contributed by atoms with E-state index in [1.54, 1.807) is 11.7 Å². The highest BCUT2D eigenvalue weighted by Crippen LogP contribution is 2.28. The minimum atomic E-state index is -0.153. The Morgan fingerprint density at radius 2 is 1.97 bits per heavy atom. The van der Waals surface area contributed by atoms with Crippen LogP contribution < -0.4 is 10.5 Å². The van der Waals surface area contributed by atoms with E-state index in [-0.39, 0.29) is 5.56 Å². The quantitative estimate of drug-likeness (QED) is 0.503. The molecule has 4 rings (SSSR count). The standard InChI is InChI=1S/C23H29Cl2N5O/c1-3-7-19-20-21(29(2)28-19)22(31)27-23(26-20)30(13-15-8-5-4-6-9-15)14-16-10-11-17(24)18(25)12-16/h10-12,15H,3-9,13-14H2,1-2H3,(H,26,27,31). The molecule has 8 heteroatoms. The lowest BCUT2D eigenvalue weighted by Crippen LogP contribution is -2.33. The Bertz CT molecular complexity index is 1120. The lowest BCUT2D eigenvalue weighted by atomic mass is 9.89. The molecule has 1 aromatic carbocycles. The van der Waals surface area contributed by atoms with Gasteiger partial charge in [-0.3, -0.25) is 14.5 Å². The topological polar surface area (TPSA) is 66.8 Å². The van der Waals surface area contributed by atoms with Gasteiger partial charge in [0.1, 0.15) is 5.52 Å². The fraction of sp³-hybridized carbons (Fsp3) is 0.522. The number of hydrogen-bond acceptors (Lipinski definition) is 4. The fourth-order valence-corrected chi connectivity index (χ4v) is 4.88. The second-order valence-corrected chi connectivity index (χ2v) is 9.35. The largest absolute Gasteiger partial charge is 0.338 e. The lowest BCUT2D eigenvalue weighted by Gasteiger charge is -2.30. The minimum absolute atomic E-state index is 0.153. The van der Waals surface area contributed by atoms with Crippen LogP contribution in [0.5, 0.6) is 0 Å². The third-order valence-corrected chi connectivity index (χ3v) is 6.84. The molecule has 0 unspecified atom stereocenters. The van der Waals surface area contributed by atoms with Crippen molar-refractivity contribution >= 4 is 40.2 Å². The Hall–Kier alpha value is -2.05. The van der Waals surface area contributed by atoms with Crippen LogP contribution in [0, 0.1) is 5.92 Å². The van der Waals surface area contributed by atoms with Crippen LogP contribution in [-0.2, 0) is 20.0 Å². The average molecular weight is 462 g/mol. The van der Waals surface area contributed by atoms with E-state index in [0.29, 0.717) is 39.5 Å². The highest BCUT2D eigenvalue weighted by molar-refractivity contribution is 6.42. The van der Waals surface area contributed by atoms with Crippen LogP contribution in [0.15, 0.2) is 23.0 Å². The molecular weight excluding hydrogens is 433 g/mol. The Labute approximate surface area is 192 Å². The summed E-state index contributed by atoms with van der Waals surface area (Å²) >= 11 is 12.4. The maximum absolute atomic E-state index is 13.0. The van der Waals surface area contributed by atoms with E-state index in [1.165, 1.54) is 32.1 Å². The normalized spacial score (nSPS) is 15.0. The van der Waals surface area contributed by atoms with Gasteiger partial charge in [-0.25, -0.2) is 4.98 Å². The van der Waals surface area contributed by atoms with Gasteiger partial charge in [0.2, 0.25) is 5.95 Å². The fourth-order valence-electron chi connectivity index (χ4n) is 4.56. The van der Waals surface area contributed by atoms with E-state index in [4.69, 9.17) is 28.2 Å². The first-order valence-electron chi connectivity index (χ1n) is 11.1. The number of H-pyrrole nitrogens is 1. The van der Waals surface area contributed by atoms with Crippen LogP contribution in [0.25, 0.3) is 11.0 Å². The molecule has 3 aromatic rings. The predicted octanol–water partition coefficient (Wildman–Crippen LogP) is 5.50. The van der Waals surface area contributed by atoms with Crippen molar-refractivity contribution in [1.82, 2.24) is 19.7 Å². The number of fused-ring (bicyclic) bond motifs is 1. The Kier molecular flexibility index (Phi) is 6.87. The molecule has 0 amide bonds. The molecule has 31 heavy (non-hydrogen) atoms. The number of benzene rings is 1. The number of nitrogens with one attached hydrogen (secondary N) is 1. The van der Waals surface area contributed by atoms with E-state index >= 15 is 0 Å². The number of halogens is 2. The average Bonchev–Trinajstić information content (AvgIpc) is 3.07. The van der Waals surface area contributed by atoms with Crippen LogP contribution in [0.1, 0.15) is 56.7 Å². The SMILES string of the molecule is CCCc1nn(C)c2c(=O)[nH]c(N(Cc3ccc(Cl)c(Cl)c3)CC3CCCCC3)nc12. The molecule has 1 saturated carbocycles. The molecule has 2 aromatic heterocycles. The van der Waals surface area contributed by atoms with E-state index < -0.39 is 0 Å². The summed E-state index contributed by atoms with van der Waals surface area (Å²) in [4.78, 5) is 23.1. The number of aryl methyl sites for hydroxylation is 2. The highest BCUT2D eigenvalue weighted by Gasteiger charge is 2.22. The smallest absolute Gasteiger partial charge is 0.278 e. The van der Waals surface area contributed by atoms with Crippen molar-refractivity contribution in [2.45, 2.75) is 58.4 Å². The zero-order valence-corrected chi connectivity index (χ0v) is 19.6. The third kappa shape index (κ3) is 4.90. The van der Waals surface area contributed by atoms with E-state index in [9.17, 15) is 4.79 Å². The van der Waals surface area contributed by atoms with Gasteiger partial charge in [0.05, 0.1) is 15.7 Å². The van der Waals surface area contributed by atoms with Crippen molar-refractivity contribution in [3.05, 3.63) is 49.9 Å².